The molecule has 0 radical (unpaired) electrons. The minimum atomic E-state index is -0.121. The van der Waals surface area contributed by atoms with Crippen molar-refractivity contribution in [2.45, 2.75) is 19.9 Å². The zero-order chi connectivity index (χ0) is 20.5. The highest BCUT2D eigenvalue weighted by Gasteiger charge is 2.28. The fourth-order valence-electron chi connectivity index (χ4n) is 3.83. The lowest BCUT2D eigenvalue weighted by atomic mass is 10.1. The number of methoxy groups -OCH3 is 1. The van der Waals surface area contributed by atoms with Crippen molar-refractivity contribution in [3.05, 3.63) is 36.3 Å². The molecular weight excluding hydrogens is 370 g/mol. The number of aromatic nitrogens is 4. The van der Waals surface area contributed by atoms with Crippen molar-refractivity contribution in [2.24, 2.45) is 7.05 Å². The first-order chi connectivity index (χ1) is 14.0. The Bertz CT molecular complexity index is 1050. The molecule has 9 heteroatoms. The van der Waals surface area contributed by atoms with Crippen LogP contribution in [-0.4, -0.2) is 63.5 Å². The van der Waals surface area contributed by atoms with Crippen molar-refractivity contribution < 1.29 is 9.53 Å². The summed E-state index contributed by atoms with van der Waals surface area (Å²) in [6.45, 7) is 6.02. The van der Waals surface area contributed by atoms with E-state index in [1.165, 1.54) is 0 Å². The standard InChI is InChI=1S/C20H25N7O2/c1-13-9-15(10-22-19(13)29-4)24-20(28)26-7-8-27(14(2)12-26)17-5-6-21-18-16(17)11-23-25(18)3/h5-6,9-11,14H,7-8,12H2,1-4H3,(H,24,28). The highest BCUT2D eigenvalue weighted by atomic mass is 16.5. The van der Waals surface area contributed by atoms with Crippen LogP contribution in [0.5, 0.6) is 5.88 Å². The van der Waals surface area contributed by atoms with Crippen LogP contribution in [0.1, 0.15) is 12.5 Å². The molecule has 152 valence electrons. The summed E-state index contributed by atoms with van der Waals surface area (Å²) in [6, 6.07) is 3.92. The van der Waals surface area contributed by atoms with Gasteiger partial charge in [-0.2, -0.15) is 5.10 Å². The van der Waals surface area contributed by atoms with Crippen molar-refractivity contribution in [1.29, 1.82) is 0 Å². The molecule has 1 unspecified atom stereocenters. The maximum Gasteiger partial charge on any atom is 0.322 e. The largest absolute Gasteiger partial charge is 0.481 e. The molecule has 4 rings (SSSR count). The highest BCUT2D eigenvalue weighted by molar-refractivity contribution is 5.91. The van der Waals surface area contributed by atoms with Gasteiger partial charge in [-0.1, -0.05) is 0 Å². The number of hydrogen-bond donors (Lipinski definition) is 1. The van der Waals surface area contributed by atoms with Gasteiger partial charge >= 0.3 is 6.03 Å². The van der Waals surface area contributed by atoms with E-state index in [4.69, 9.17) is 4.74 Å². The predicted octanol–water partition coefficient (Wildman–Crippen LogP) is 2.42. The molecule has 0 spiro atoms. The van der Waals surface area contributed by atoms with Crippen LogP contribution in [-0.2, 0) is 7.05 Å². The Morgan fingerprint density at radius 1 is 1.28 bits per heavy atom. The summed E-state index contributed by atoms with van der Waals surface area (Å²) in [6.07, 6.45) is 5.27. The number of nitrogens with one attached hydrogen (secondary N) is 1. The first-order valence-corrected chi connectivity index (χ1v) is 9.58. The van der Waals surface area contributed by atoms with Gasteiger partial charge in [0.2, 0.25) is 5.88 Å². The number of fused-ring (bicyclic) bond motifs is 1. The average molecular weight is 395 g/mol. The Hall–Kier alpha value is -3.36. The van der Waals surface area contributed by atoms with Gasteiger partial charge in [0.05, 0.1) is 36.3 Å². The van der Waals surface area contributed by atoms with Crippen LogP contribution >= 0.6 is 0 Å². The predicted molar refractivity (Wildman–Crippen MR) is 111 cm³/mol. The summed E-state index contributed by atoms with van der Waals surface area (Å²) in [4.78, 5) is 25.5. The van der Waals surface area contributed by atoms with E-state index in [2.05, 4.69) is 32.2 Å². The quantitative estimate of drug-likeness (QED) is 0.733. The maximum atomic E-state index is 12.8. The van der Waals surface area contributed by atoms with Crippen LogP contribution in [0.25, 0.3) is 11.0 Å². The molecule has 3 aromatic rings. The molecule has 4 heterocycles. The Morgan fingerprint density at radius 2 is 2.10 bits per heavy atom. The van der Waals surface area contributed by atoms with Gasteiger partial charge in [0.15, 0.2) is 5.65 Å². The molecule has 1 N–H and O–H groups in total. The van der Waals surface area contributed by atoms with Crippen molar-refractivity contribution in [3.63, 3.8) is 0 Å². The van der Waals surface area contributed by atoms with E-state index in [1.807, 2.05) is 43.4 Å². The molecule has 0 aliphatic carbocycles. The number of anilines is 2. The van der Waals surface area contributed by atoms with Crippen LogP contribution in [0, 0.1) is 6.92 Å². The summed E-state index contributed by atoms with van der Waals surface area (Å²) in [7, 11) is 3.47. The number of nitrogens with zero attached hydrogens (tertiary/aromatic N) is 6. The number of rotatable bonds is 3. The second kappa shape index (κ2) is 7.57. The van der Waals surface area contributed by atoms with Gasteiger partial charge in [0.25, 0.3) is 0 Å². The van der Waals surface area contributed by atoms with E-state index in [0.717, 1.165) is 28.8 Å². The first-order valence-electron chi connectivity index (χ1n) is 9.58. The number of pyridine rings is 2. The Labute approximate surface area is 169 Å². The lowest BCUT2D eigenvalue weighted by Gasteiger charge is -2.41. The van der Waals surface area contributed by atoms with Gasteiger partial charge in [-0.15, -0.1) is 0 Å². The monoisotopic (exact) mass is 395 g/mol. The first kappa shape index (κ1) is 19.0. The van der Waals surface area contributed by atoms with Crippen LogP contribution in [0.2, 0.25) is 0 Å². The van der Waals surface area contributed by atoms with Crippen molar-refractivity contribution >= 4 is 28.4 Å². The van der Waals surface area contributed by atoms with Gasteiger partial charge in [0, 0.05) is 44.5 Å². The summed E-state index contributed by atoms with van der Waals surface area (Å²) < 4.78 is 6.95. The highest BCUT2D eigenvalue weighted by Crippen LogP contribution is 2.28. The van der Waals surface area contributed by atoms with Crippen LogP contribution in [0.4, 0.5) is 16.2 Å². The molecule has 9 nitrogen and oxygen atoms in total. The fraction of sp³-hybridized carbons (Fsp3) is 0.400. The number of hydrogen-bond acceptors (Lipinski definition) is 6. The van der Waals surface area contributed by atoms with Crippen LogP contribution in [0.15, 0.2) is 30.7 Å². The summed E-state index contributed by atoms with van der Waals surface area (Å²) in [5.41, 5.74) is 3.50. The Balaban J connectivity index is 1.46. The van der Waals surface area contributed by atoms with E-state index >= 15 is 0 Å². The molecule has 0 bridgehead atoms. The minimum absolute atomic E-state index is 0.121. The summed E-state index contributed by atoms with van der Waals surface area (Å²) >= 11 is 0. The zero-order valence-electron chi connectivity index (χ0n) is 17.1. The van der Waals surface area contributed by atoms with Gasteiger partial charge in [-0.3, -0.25) is 4.68 Å². The number of carbonyl (C=O) groups is 1. The maximum absolute atomic E-state index is 12.8. The summed E-state index contributed by atoms with van der Waals surface area (Å²) in [5, 5.41) is 8.29. The molecule has 3 aromatic heterocycles. The molecule has 2 amide bonds. The van der Waals surface area contributed by atoms with E-state index in [1.54, 1.807) is 18.0 Å². The number of amides is 2. The topological polar surface area (TPSA) is 88.4 Å². The van der Waals surface area contributed by atoms with Gasteiger partial charge in [-0.05, 0) is 26.0 Å². The molecule has 1 saturated heterocycles. The molecular formula is C20H25N7O2. The Morgan fingerprint density at radius 3 is 2.83 bits per heavy atom. The van der Waals surface area contributed by atoms with Crippen LogP contribution in [0.3, 0.4) is 0 Å². The number of ether oxygens (including phenoxy) is 1. The second-order valence-electron chi connectivity index (χ2n) is 7.30. The van der Waals surface area contributed by atoms with Gasteiger partial charge in [-0.25, -0.2) is 14.8 Å². The normalized spacial score (nSPS) is 16.9. The van der Waals surface area contributed by atoms with Crippen molar-refractivity contribution in [1.82, 2.24) is 24.6 Å². The minimum Gasteiger partial charge on any atom is -0.481 e. The molecule has 1 fully saturated rings. The van der Waals surface area contributed by atoms with E-state index in [9.17, 15) is 4.79 Å². The molecule has 1 aliphatic rings. The molecule has 0 aromatic carbocycles. The number of urea groups is 1. The SMILES string of the molecule is COc1ncc(NC(=O)N2CCN(c3ccnc4c3cnn4C)C(C)C2)cc1C. The molecule has 1 aliphatic heterocycles. The number of carbonyl (C=O) groups excluding carboxylic acids is 1. The number of aryl methyl sites for hydroxylation is 2. The van der Waals surface area contributed by atoms with Crippen molar-refractivity contribution in [3.8, 4) is 5.88 Å². The Kier molecular flexibility index (Phi) is 4.96. The van der Waals surface area contributed by atoms with Crippen LogP contribution < -0.4 is 15.0 Å². The second-order valence-corrected chi connectivity index (χ2v) is 7.30. The molecule has 1 atom stereocenters. The van der Waals surface area contributed by atoms with E-state index < -0.39 is 0 Å². The van der Waals surface area contributed by atoms with E-state index in [-0.39, 0.29) is 12.1 Å². The van der Waals surface area contributed by atoms with Gasteiger partial charge < -0.3 is 19.9 Å². The smallest absolute Gasteiger partial charge is 0.322 e. The number of piperazine rings is 1. The zero-order valence-corrected chi connectivity index (χ0v) is 17.1. The molecule has 29 heavy (non-hydrogen) atoms. The lowest BCUT2D eigenvalue weighted by molar-refractivity contribution is 0.200. The van der Waals surface area contributed by atoms with E-state index in [0.29, 0.717) is 24.7 Å². The third-order valence-corrected chi connectivity index (χ3v) is 5.31. The van der Waals surface area contributed by atoms with Gasteiger partial charge in [0.1, 0.15) is 0 Å². The lowest BCUT2D eigenvalue weighted by Crippen LogP contribution is -2.54. The fourth-order valence-corrected chi connectivity index (χ4v) is 3.83. The third kappa shape index (κ3) is 3.55. The third-order valence-electron chi connectivity index (χ3n) is 5.31. The molecule has 0 saturated carbocycles. The summed E-state index contributed by atoms with van der Waals surface area (Å²) in [5.74, 6) is 0.560. The average Bonchev–Trinajstić information content (AvgIpc) is 3.09. The van der Waals surface area contributed by atoms with Crippen molar-refractivity contribution in [2.75, 3.05) is 37.0 Å².